The van der Waals surface area contributed by atoms with Gasteiger partial charge < -0.3 is 16.0 Å². The highest BCUT2D eigenvalue weighted by Crippen LogP contribution is 2.30. The molecule has 0 heterocycles. The molecule has 0 saturated heterocycles. The van der Waals surface area contributed by atoms with Crippen LogP contribution in [0.3, 0.4) is 0 Å². The smallest absolute Gasteiger partial charge is 0.358 e. The Balaban J connectivity index is 0.00000364. The third kappa shape index (κ3) is 6.70. The standard InChI is InChI=1S/C18H24F3N3O2.ClH/c1-23-16(25)11-24(17(26)9-13-5-3-7-15(13)22)10-12-4-2-6-14(8-12)18(19,20)21;/h2,4,6,8,13,15H,3,5,7,9-11,22H2,1H3,(H,23,25);1H/t13-,15+;/m0./s1. The SMILES string of the molecule is CNC(=O)CN(Cc1cccc(C(F)(F)F)c1)C(=O)C[C@@H]1CCC[C@H]1N.Cl. The minimum atomic E-state index is -4.46. The molecule has 27 heavy (non-hydrogen) atoms. The van der Waals surface area contributed by atoms with Crippen LogP contribution in [-0.4, -0.2) is 36.3 Å². The number of halogens is 4. The van der Waals surface area contributed by atoms with Crippen molar-refractivity contribution in [3.05, 3.63) is 35.4 Å². The van der Waals surface area contributed by atoms with Crippen LogP contribution in [-0.2, 0) is 22.3 Å². The van der Waals surface area contributed by atoms with Gasteiger partial charge in [-0.3, -0.25) is 9.59 Å². The van der Waals surface area contributed by atoms with Crippen molar-refractivity contribution in [2.24, 2.45) is 11.7 Å². The van der Waals surface area contributed by atoms with Crippen LogP contribution in [0, 0.1) is 5.92 Å². The highest BCUT2D eigenvalue weighted by atomic mass is 35.5. The van der Waals surface area contributed by atoms with E-state index in [1.54, 1.807) is 0 Å². The Morgan fingerprint density at radius 3 is 2.56 bits per heavy atom. The molecule has 0 aromatic heterocycles. The largest absolute Gasteiger partial charge is 0.416 e. The number of likely N-dealkylation sites (N-methyl/N-ethyl adjacent to an activating group) is 1. The molecule has 3 N–H and O–H groups in total. The van der Waals surface area contributed by atoms with E-state index in [-0.39, 0.29) is 55.7 Å². The van der Waals surface area contributed by atoms with Crippen LogP contribution in [0.4, 0.5) is 13.2 Å². The number of hydrogen-bond acceptors (Lipinski definition) is 3. The maximum absolute atomic E-state index is 12.9. The van der Waals surface area contributed by atoms with Crippen LogP contribution in [0.2, 0.25) is 0 Å². The maximum atomic E-state index is 12.9. The second kappa shape index (κ2) is 9.94. The lowest BCUT2D eigenvalue weighted by Crippen LogP contribution is -2.41. The predicted molar refractivity (Wildman–Crippen MR) is 98.1 cm³/mol. The Bertz CT molecular complexity index is 655. The highest BCUT2D eigenvalue weighted by molar-refractivity contribution is 5.85. The van der Waals surface area contributed by atoms with E-state index in [1.165, 1.54) is 24.1 Å². The first-order valence-corrected chi connectivity index (χ1v) is 8.60. The fraction of sp³-hybridized carbons (Fsp3) is 0.556. The summed E-state index contributed by atoms with van der Waals surface area (Å²) in [5.41, 5.74) is 5.55. The molecule has 0 aliphatic heterocycles. The number of carbonyl (C=O) groups excluding carboxylic acids is 2. The van der Waals surface area contributed by atoms with Crippen molar-refractivity contribution in [1.29, 1.82) is 0 Å². The molecule has 9 heteroatoms. The molecule has 0 radical (unpaired) electrons. The van der Waals surface area contributed by atoms with Gasteiger partial charge in [0.05, 0.1) is 12.1 Å². The van der Waals surface area contributed by atoms with E-state index in [9.17, 15) is 22.8 Å². The zero-order valence-electron chi connectivity index (χ0n) is 15.1. The fourth-order valence-corrected chi connectivity index (χ4v) is 3.22. The minimum absolute atomic E-state index is 0. The third-order valence-corrected chi connectivity index (χ3v) is 4.75. The van der Waals surface area contributed by atoms with Gasteiger partial charge in [0.25, 0.3) is 0 Å². The van der Waals surface area contributed by atoms with Gasteiger partial charge in [0.2, 0.25) is 11.8 Å². The van der Waals surface area contributed by atoms with Crippen LogP contribution >= 0.6 is 12.4 Å². The quantitative estimate of drug-likeness (QED) is 0.761. The van der Waals surface area contributed by atoms with Crippen LogP contribution in [0.5, 0.6) is 0 Å². The number of hydrogen-bond donors (Lipinski definition) is 2. The Kier molecular flexibility index (Phi) is 8.56. The van der Waals surface area contributed by atoms with E-state index in [0.717, 1.165) is 31.4 Å². The molecule has 2 atom stereocenters. The van der Waals surface area contributed by atoms with Crippen molar-refractivity contribution in [3.8, 4) is 0 Å². The summed E-state index contributed by atoms with van der Waals surface area (Å²) in [5.74, 6) is -0.592. The van der Waals surface area contributed by atoms with E-state index < -0.39 is 11.7 Å². The summed E-state index contributed by atoms with van der Waals surface area (Å²) < 4.78 is 38.7. The van der Waals surface area contributed by atoms with Crippen LogP contribution in [0.25, 0.3) is 0 Å². The average molecular weight is 408 g/mol. The summed E-state index contributed by atoms with van der Waals surface area (Å²) in [4.78, 5) is 25.7. The van der Waals surface area contributed by atoms with Gasteiger partial charge in [-0.15, -0.1) is 12.4 Å². The monoisotopic (exact) mass is 407 g/mol. The molecule has 2 rings (SSSR count). The first-order valence-electron chi connectivity index (χ1n) is 8.60. The molecule has 1 aromatic carbocycles. The minimum Gasteiger partial charge on any atom is -0.358 e. The summed E-state index contributed by atoms with van der Waals surface area (Å²) in [7, 11) is 1.45. The first kappa shape index (κ1) is 23.2. The molecule has 1 fully saturated rings. The molecule has 0 unspecified atom stereocenters. The maximum Gasteiger partial charge on any atom is 0.416 e. The first-order chi connectivity index (χ1) is 12.2. The van der Waals surface area contributed by atoms with Crippen molar-refractivity contribution in [2.75, 3.05) is 13.6 Å². The zero-order valence-corrected chi connectivity index (χ0v) is 15.9. The Morgan fingerprint density at radius 2 is 2.00 bits per heavy atom. The summed E-state index contributed by atoms with van der Waals surface area (Å²) in [5, 5.41) is 2.44. The normalized spacial score (nSPS) is 19.3. The molecule has 5 nitrogen and oxygen atoms in total. The molecule has 2 amide bonds. The fourth-order valence-electron chi connectivity index (χ4n) is 3.22. The number of benzene rings is 1. The number of rotatable bonds is 6. The predicted octanol–water partition coefficient (Wildman–Crippen LogP) is 2.72. The van der Waals surface area contributed by atoms with Crippen LogP contribution in [0.1, 0.15) is 36.8 Å². The van der Waals surface area contributed by atoms with E-state index in [0.29, 0.717) is 5.56 Å². The molecule has 0 spiro atoms. The van der Waals surface area contributed by atoms with Gasteiger partial charge in [0.1, 0.15) is 0 Å². The second-order valence-corrected chi connectivity index (χ2v) is 6.68. The van der Waals surface area contributed by atoms with Crippen molar-refractivity contribution in [1.82, 2.24) is 10.2 Å². The second-order valence-electron chi connectivity index (χ2n) is 6.68. The molecule has 1 aliphatic carbocycles. The van der Waals surface area contributed by atoms with E-state index >= 15 is 0 Å². The van der Waals surface area contributed by atoms with E-state index in [2.05, 4.69) is 5.32 Å². The Labute approximate surface area is 162 Å². The third-order valence-electron chi connectivity index (χ3n) is 4.75. The lowest BCUT2D eigenvalue weighted by Gasteiger charge is -2.25. The van der Waals surface area contributed by atoms with Gasteiger partial charge in [0, 0.05) is 26.1 Å². The summed E-state index contributed by atoms with van der Waals surface area (Å²) in [6.07, 6.45) is -1.58. The van der Waals surface area contributed by atoms with Gasteiger partial charge >= 0.3 is 6.18 Å². The molecular formula is C18H25ClF3N3O2. The lowest BCUT2D eigenvalue weighted by atomic mass is 9.99. The van der Waals surface area contributed by atoms with Crippen LogP contribution < -0.4 is 11.1 Å². The molecule has 1 saturated carbocycles. The van der Waals surface area contributed by atoms with Crippen molar-refractivity contribution >= 4 is 24.2 Å². The molecule has 0 bridgehead atoms. The summed E-state index contributed by atoms with van der Waals surface area (Å²) in [6.45, 7) is -0.258. The molecular weight excluding hydrogens is 383 g/mol. The lowest BCUT2D eigenvalue weighted by molar-refractivity contribution is -0.138. The Morgan fingerprint density at radius 1 is 1.30 bits per heavy atom. The summed E-state index contributed by atoms with van der Waals surface area (Å²) >= 11 is 0. The van der Waals surface area contributed by atoms with Gasteiger partial charge in [-0.25, -0.2) is 0 Å². The molecule has 1 aliphatic rings. The van der Waals surface area contributed by atoms with Crippen molar-refractivity contribution < 1.29 is 22.8 Å². The number of nitrogens with one attached hydrogen (secondary N) is 1. The topological polar surface area (TPSA) is 75.4 Å². The number of amides is 2. The highest BCUT2D eigenvalue weighted by Gasteiger charge is 2.31. The van der Waals surface area contributed by atoms with Gasteiger partial charge in [-0.2, -0.15) is 13.2 Å². The van der Waals surface area contributed by atoms with E-state index in [1.807, 2.05) is 0 Å². The van der Waals surface area contributed by atoms with Gasteiger partial charge in [-0.1, -0.05) is 18.6 Å². The Hall–Kier alpha value is -1.80. The molecule has 1 aromatic rings. The van der Waals surface area contributed by atoms with Crippen molar-refractivity contribution in [3.63, 3.8) is 0 Å². The number of alkyl halides is 3. The molecule has 152 valence electrons. The average Bonchev–Trinajstić information content (AvgIpc) is 2.98. The van der Waals surface area contributed by atoms with Crippen molar-refractivity contribution in [2.45, 2.75) is 44.4 Å². The number of nitrogens with two attached hydrogens (primary N) is 1. The summed E-state index contributed by atoms with van der Waals surface area (Å²) in [6, 6.07) is 4.75. The van der Waals surface area contributed by atoms with Gasteiger partial charge in [0.15, 0.2) is 0 Å². The number of carbonyl (C=O) groups is 2. The van der Waals surface area contributed by atoms with Gasteiger partial charge in [-0.05, 0) is 36.5 Å². The zero-order chi connectivity index (χ0) is 19.3. The van der Waals surface area contributed by atoms with E-state index in [4.69, 9.17) is 5.73 Å². The number of nitrogens with zero attached hydrogens (tertiary/aromatic N) is 1. The van der Waals surface area contributed by atoms with Crippen LogP contribution in [0.15, 0.2) is 24.3 Å².